The van der Waals surface area contributed by atoms with Gasteiger partial charge in [0.25, 0.3) is 0 Å². The van der Waals surface area contributed by atoms with E-state index in [4.69, 9.17) is 16.3 Å². The van der Waals surface area contributed by atoms with Crippen LogP contribution in [0.25, 0.3) is 0 Å². The van der Waals surface area contributed by atoms with Crippen LogP contribution in [0.2, 0.25) is 0 Å². The van der Waals surface area contributed by atoms with E-state index in [9.17, 15) is 4.79 Å². The van der Waals surface area contributed by atoms with Gasteiger partial charge in [0.2, 0.25) is 5.91 Å². The Morgan fingerprint density at radius 3 is 2.38 bits per heavy atom. The summed E-state index contributed by atoms with van der Waals surface area (Å²) in [5, 5.41) is 0. The Kier molecular flexibility index (Phi) is 7.76. The Balaban J connectivity index is 3.12. The number of hydrogen-bond acceptors (Lipinski definition) is 2. The van der Waals surface area contributed by atoms with Crippen molar-refractivity contribution in [1.82, 2.24) is 0 Å². The van der Waals surface area contributed by atoms with Crippen LogP contribution in [0.4, 0.5) is 5.69 Å². The molecule has 21 heavy (non-hydrogen) atoms. The molecule has 4 heteroatoms. The fourth-order valence-corrected chi connectivity index (χ4v) is 2.77. The van der Waals surface area contributed by atoms with Crippen molar-refractivity contribution in [3.8, 4) is 0 Å². The monoisotopic (exact) mass is 311 g/mol. The molecule has 0 spiro atoms. The third-order valence-electron chi connectivity index (χ3n) is 3.70. The molecule has 0 aliphatic heterocycles. The third kappa shape index (κ3) is 4.72. The molecule has 0 N–H and O–H groups in total. The SMILES string of the molecule is CCOCCC(CC)N(C(=O)CCl)c1c(C)cccc1C. The molecule has 0 bridgehead atoms. The Hall–Kier alpha value is -1.06. The predicted octanol–water partition coefficient (Wildman–Crippen LogP) is 4.08. The molecule has 0 heterocycles. The average Bonchev–Trinajstić information content (AvgIpc) is 2.48. The topological polar surface area (TPSA) is 29.5 Å². The van der Waals surface area contributed by atoms with Crippen LogP contribution in [0, 0.1) is 13.8 Å². The normalized spacial score (nSPS) is 12.2. The van der Waals surface area contributed by atoms with Crippen LogP contribution >= 0.6 is 11.6 Å². The second-order valence-electron chi connectivity index (χ2n) is 5.19. The summed E-state index contributed by atoms with van der Waals surface area (Å²) in [7, 11) is 0. The van der Waals surface area contributed by atoms with E-state index in [1.165, 1.54) is 0 Å². The van der Waals surface area contributed by atoms with Gasteiger partial charge in [0.15, 0.2) is 0 Å². The summed E-state index contributed by atoms with van der Waals surface area (Å²) in [5.74, 6) is -0.0451. The molecule has 1 amide bonds. The number of anilines is 1. The first-order chi connectivity index (χ1) is 10.1. The first-order valence-corrected chi connectivity index (χ1v) is 8.12. The Labute approximate surface area is 133 Å². The van der Waals surface area contributed by atoms with Gasteiger partial charge in [-0.25, -0.2) is 0 Å². The number of halogens is 1. The summed E-state index contributed by atoms with van der Waals surface area (Å²) in [4.78, 5) is 14.3. The van der Waals surface area contributed by atoms with E-state index in [0.29, 0.717) is 13.2 Å². The van der Waals surface area contributed by atoms with E-state index < -0.39 is 0 Å². The largest absolute Gasteiger partial charge is 0.382 e. The van der Waals surface area contributed by atoms with Crippen molar-refractivity contribution in [3.63, 3.8) is 0 Å². The fraction of sp³-hybridized carbons (Fsp3) is 0.588. The molecule has 0 aliphatic rings. The summed E-state index contributed by atoms with van der Waals surface area (Å²) >= 11 is 5.84. The number of carbonyl (C=O) groups is 1. The van der Waals surface area contributed by atoms with Crippen molar-refractivity contribution in [1.29, 1.82) is 0 Å². The van der Waals surface area contributed by atoms with Gasteiger partial charge in [0.1, 0.15) is 5.88 Å². The van der Waals surface area contributed by atoms with Crippen molar-refractivity contribution in [2.75, 3.05) is 24.0 Å². The van der Waals surface area contributed by atoms with E-state index in [0.717, 1.165) is 29.7 Å². The number of carbonyl (C=O) groups excluding carboxylic acids is 1. The van der Waals surface area contributed by atoms with Crippen molar-refractivity contribution in [2.45, 2.75) is 46.6 Å². The zero-order valence-corrected chi connectivity index (χ0v) is 14.2. The first kappa shape index (κ1) is 18.0. The maximum absolute atomic E-state index is 12.4. The number of amides is 1. The lowest BCUT2D eigenvalue weighted by atomic mass is 10.0. The third-order valence-corrected chi connectivity index (χ3v) is 3.93. The molecule has 1 aromatic rings. The van der Waals surface area contributed by atoms with Gasteiger partial charge >= 0.3 is 0 Å². The molecule has 0 fully saturated rings. The number of alkyl halides is 1. The van der Waals surface area contributed by atoms with Crippen LogP contribution in [0.3, 0.4) is 0 Å². The summed E-state index contributed by atoms with van der Waals surface area (Å²) in [6.07, 6.45) is 1.70. The van der Waals surface area contributed by atoms with Crippen LogP contribution in [0.1, 0.15) is 37.8 Å². The lowest BCUT2D eigenvalue weighted by Gasteiger charge is -2.33. The highest BCUT2D eigenvalue weighted by molar-refractivity contribution is 6.29. The van der Waals surface area contributed by atoms with Crippen LogP contribution in [0.5, 0.6) is 0 Å². The van der Waals surface area contributed by atoms with Gasteiger partial charge in [-0.3, -0.25) is 4.79 Å². The maximum Gasteiger partial charge on any atom is 0.242 e. The molecule has 0 aromatic heterocycles. The van der Waals surface area contributed by atoms with Gasteiger partial charge in [-0.2, -0.15) is 0 Å². The van der Waals surface area contributed by atoms with Crippen molar-refractivity contribution in [2.24, 2.45) is 0 Å². The Bertz CT molecular complexity index is 442. The van der Waals surface area contributed by atoms with Gasteiger partial charge in [-0.15, -0.1) is 11.6 Å². The Morgan fingerprint density at radius 2 is 1.90 bits per heavy atom. The number of aryl methyl sites for hydroxylation is 2. The maximum atomic E-state index is 12.4. The summed E-state index contributed by atoms with van der Waals surface area (Å²) < 4.78 is 5.45. The number of hydrogen-bond donors (Lipinski definition) is 0. The predicted molar refractivity (Wildman–Crippen MR) is 89.3 cm³/mol. The number of ether oxygens (including phenoxy) is 1. The Morgan fingerprint density at radius 1 is 1.29 bits per heavy atom. The van der Waals surface area contributed by atoms with Crippen molar-refractivity contribution < 1.29 is 9.53 Å². The second kappa shape index (κ2) is 9.06. The highest BCUT2D eigenvalue weighted by Gasteiger charge is 2.25. The molecule has 3 nitrogen and oxygen atoms in total. The van der Waals surface area contributed by atoms with E-state index >= 15 is 0 Å². The molecule has 1 aromatic carbocycles. The standard InChI is InChI=1S/C17H26ClNO2/c1-5-15(10-11-21-6-2)19(16(20)12-18)17-13(3)8-7-9-14(17)4/h7-9,15H,5-6,10-12H2,1-4H3. The van der Waals surface area contributed by atoms with Crippen LogP contribution in [0.15, 0.2) is 18.2 Å². The minimum absolute atomic E-state index is 0.00108. The van der Waals surface area contributed by atoms with Gasteiger partial charge in [0.05, 0.1) is 0 Å². The fourth-order valence-electron chi connectivity index (χ4n) is 2.64. The molecule has 1 rings (SSSR count). The van der Waals surface area contributed by atoms with E-state index in [1.807, 2.05) is 43.9 Å². The number of rotatable bonds is 8. The lowest BCUT2D eigenvalue weighted by molar-refractivity contribution is -0.116. The van der Waals surface area contributed by atoms with Crippen LogP contribution < -0.4 is 4.90 Å². The molecule has 1 unspecified atom stereocenters. The van der Waals surface area contributed by atoms with Gasteiger partial charge in [-0.05, 0) is 44.7 Å². The minimum atomic E-state index is -0.0441. The molecular formula is C17H26ClNO2. The molecule has 1 atom stereocenters. The quantitative estimate of drug-likeness (QED) is 0.535. The average molecular weight is 312 g/mol. The number of benzene rings is 1. The minimum Gasteiger partial charge on any atom is -0.382 e. The van der Waals surface area contributed by atoms with Crippen LogP contribution in [-0.2, 0) is 9.53 Å². The molecule has 118 valence electrons. The molecule has 0 saturated carbocycles. The van der Waals surface area contributed by atoms with E-state index in [1.54, 1.807) is 0 Å². The zero-order valence-electron chi connectivity index (χ0n) is 13.5. The number of para-hydroxylation sites is 1. The van der Waals surface area contributed by atoms with E-state index in [-0.39, 0.29) is 17.8 Å². The van der Waals surface area contributed by atoms with E-state index in [2.05, 4.69) is 6.92 Å². The second-order valence-corrected chi connectivity index (χ2v) is 5.45. The van der Waals surface area contributed by atoms with Gasteiger partial charge in [-0.1, -0.05) is 25.1 Å². The highest BCUT2D eigenvalue weighted by Crippen LogP contribution is 2.28. The summed E-state index contributed by atoms with van der Waals surface area (Å²) in [5.41, 5.74) is 3.19. The highest BCUT2D eigenvalue weighted by atomic mass is 35.5. The summed E-state index contributed by atoms with van der Waals surface area (Å²) in [6.45, 7) is 9.50. The van der Waals surface area contributed by atoms with Crippen molar-refractivity contribution >= 4 is 23.2 Å². The first-order valence-electron chi connectivity index (χ1n) is 7.58. The number of nitrogens with zero attached hydrogens (tertiary/aromatic N) is 1. The lowest BCUT2D eigenvalue weighted by Crippen LogP contribution is -2.42. The van der Waals surface area contributed by atoms with Gasteiger partial charge in [0, 0.05) is 24.9 Å². The summed E-state index contributed by atoms with van der Waals surface area (Å²) in [6, 6.07) is 6.19. The molecule has 0 aliphatic carbocycles. The van der Waals surface area contributed by atoms with Crippen molar-refractivity contribution in [3.05, 3.63) is 29.3 Å². The van der Waals surface area contributed by atoms with Gasteiger partial charge < -0.3 is 9.64 Å². The molecule has 0 saturated heterocycles. The molecule has 0 radical (unpaired) electrons. The molecular weight excluding hydrogens is 286 g/mol. The van der Waals surface area contributed by atoms with Crippen LogP contribution in [-0.4, -0.2) is 31.0 Å². The smallest absolute Gasteiger partial charge is 0.242 e. The zero-order chi connectivity index (χ0) is 15.8.